The highest BCUT2D eigenvalue weighted by Gasteiger charge is 2.28. The zero-order valence-electron chi connectivity index (χ0n) is 7.16. The Morgan fingerprint density at radius 1 is 1.29 bits per heavy atom. The predicted octanol–water partition coefficient (Wildman–Crippen LogP) is -0.853. The minimum absolute atomic E-state index is 0.0308. The van der Waals surface area contributed by atoms with Gasteiger partial charge in [-0.15, -0.1) is 11.7 Å². The monoisotopic (exact) mass is 240 g/mol. The van der Waals surface area contributed by atoms with Gasteiger partial charge in [-0.25, -0.2) is 0 Å². The van der Waals surface area contributed by atoms with Crippen LogP contribution < -0.4 is 11.5 Å². The lowest BCUT2D eigenvalue weighted by atomic mass is 10.1. The first-order chi connectivity index (χ1) is 6.40. The lowest BCUT2D eigenvalue weighted by molar-refractivity contribution is -0.140. The van der Waals surface area contributed by atoms with Gasteiger partial charge in [0.1, 0.15) is 12.1 Å². The van der Waals surface area contributed by atoms with E-state index < -0.39 is 29.3 Å². The van der Waals surface area contributed by atoms with Crippen LogP contribution in [0.4, 0.5) is 0 Å². The number of thiol groups is 1. The van der Waals surface area contributed by atoms with Gasteiger partial charge in [0.15, 0.2) is 0 Å². The maximum Gasteiger partial charge on any atom is 0.321 e. The molecular formula is C6H12N2O4S2. The van der Waals surface area contributed by atoms with Gasteiger partial charge in [-0.3, -0.25) is 9.59 Å². The number of hydrogen-bond acceptors (Lipinski definition) is 6. The third-order valence-electron chi connectivity index (χ3n) is 1.62. The van der Waals surface area contributed by atoms with E-state index >= 15 is 0 Å². The summed E-state index contributed by atoms with van der Waals surface area (Å²) in [5, 5.41) is 16.5. The average Bonchev–Trinajstić information content (AvgIpc) is 2.12. The quantitative estimate of drug-likeness (QED) is 0.302. The van der Waals surface area contributed by atoms with Gasteiger partial charge in [0, 0.05) is 5.25 Å². The number of rotatable bonds is 6. The third kappa shape index (κ3) is 4.18. The maximum absolute atomic E-state index is 10.5. The van der Waals surface area contributed by atoms with E-state index in [1.54, 1.807) is 0 Å². The summed E-state index contributed by atoms with van der Waals surface area (Å²) in [6.07, 6.45) is -0.0308. The summed E-state index contributed by atoms with van der Waals surface area (Å²) in [4.78, 5) is 20.9. The molecule has 8 heteroatoms. The Balaban J connectivity index is 4.28. The van der Waals surface area contributed by atoms with Gasteiger partial charge in [-0.05, 0) is 6.42 Å². The summed E-state index contributed by atoms with van der Waals surface area (Å²) in [7, 11) is 0.897. The molecule has 0 spiro atoms. The molecule has 6 nitrogen and oxygen atoms in total. The van der Waals surface area contributed by atoms with Crippen LogP contribution in [0.25, 0.3) is 0 Å². The van der Waals surface area contributed by atoms with E-state index in [0.717, 1.165) is 10.8 Å². The van der Waals surface area contributed by atoms with Crippen LogP contribution in [-0.2, 0) is 9.59 Å². The molecule has 3 atom stereocenters. The van der Waals surface area contributed by atoms with Crippen molar-refractivity contribution in [3.8, 4) is 0 Å². The second kappa shape index (κ2) is 6.12. The molecule has 0 saturated carbocycles. The summed E-state index contributed by atoms with van der Waals surface area (Å²) in [6.45, 7) is 0. The van der Waals surface area contributed by atoms with Gasteiger partial charge >= 0.3 is 11.9 Å². The van der Waals surface area contributed by atoms with E-state index in [1.807, 2.05) is 0 Å². The molecule has 82 valence electrons. The first-order valence-electron chi connectivity index (χ1n) is 3.67. The molecule has 0 aromatic carbocycles. The smallest absolute Gasteiger partial charge is 0.321 e. The fraction of sp³-hybridized carbons (Fsp3) is 0.667. The number of aliphatic carboxylic acids is 2. The molecule has 0 bridgehead atoms. The Hall–Kier alpha value is -0.440. The van der Waals surface area contributed by atoms with Crippen molar-refractivity contribution < 1.29 is 19.8 Å². The molecule has 0 fully saturated rings. The van der Waals surface area contributed by atoms with Crippen LogP contribution in [0, 0.1) is 0 Å². The molecule has 14 heavy (non-hydrogen) atoms. The minimum atomic E-state index is -1.20. The van der Waals surface area contributed by atoms with E-state index in [0.29, 0.717) is 0 Å². The van der Waals surface area contributed by atoms with E-state index in [2.05, 4.69) is 11.7 Å². The molecule has 0 radical (unpaired) electrons. The standard InChI is InChI=1S/C6H12N2O4S2/c7-2(5(9)10)1-3(14-13)4(8)6(11)12/h2-4,13H,1,7-8H2,(H,9,10)(H,11,12)/t2-,3?,4-/m0/s1. The number of hydrogen-bond donors (Lipinski definition) is 5. The topological polar surface area (TPSA) is 127 Å². The Bertz CT molecular complexity index is 226. The van der Waals surface area contributed by atoms with Crippen molar-refractivity contribution in [3.05, 3.63) is 0 Å². The highest BCUT2D eigenvalue weighted by atomic mass is 33.1. The van der Waals surface area contributed by atoms with Crippen molar-refractivity contribution in [2.75, 3.05) is 0 Å². The molecule has 0 aromatic heterocycles. The van der Waals surface area contributed by atoms with E-state index in [1.165, 1.54) is 0 Å². The van der Waals surface area contributed by atoms with Gasteiger partial charge in [0.2, 0.25) is 0 Å². The second-order valence-electron chi connectivity index (χ2n) is 2.69. The summed E-state index contributed by atoms with van der Waals surface area (Å²) in [6, 6.07) is -2.28. The van der Waals surface area contributed by atoms with Crippen LogP contribution in [0.1, 0.15) is 6.42 Å². The number of nitrogens with two attached hydrogens (primary N) is 2. The maximum atomic E-state index is 10.5. The first kappa shape index (κ1) is 13.6. The van der Waals surface area contributed by atoms with E-state index in [9.17, 15) is 9.59 Å². The molecule has 6 N–H and O–H groups in total. The first-order valence-corrected chi connectivity index (χ1v) is 5.60. The van der Waals surface area contributed by atoms with Crippen molar-refractivity contribution in [2.24, 2.45) is 11.5 Å². The van der Waals surface area contributed by atoms with Crippen molar-refractivity contribution in [1.29, 1.82) is 0 Å². The Kier molecular flexibility index (Phi) is 5.93. The van der Waals surface area contributed by atoms with E-state index in [-0.39, 0.29) is 6.42 Å². The SMILES string of the molecule is N[C@H](C(=O)O)C(C[C@H](N)C(=O)O)SS. The Morgan fingerprint density at radius 2 is 1.79 bits per heavy atom. The molecule has 0 aliphatic rings. The van der Waals surface area contributed by atoms with Crippen LogP contribution in [0.3, 0.4) is 0 Å². The van der Waals surface area contributed by atoms with Crippen LogP contribution in [0.2, 0.25) is 0 Å². The van der Waals surface area contributed by atoms with Crippen LogP contribution in [-0.4, -0.2) is 39.5 Å². The van der Waals surface area contributed by atoms with Crippen LogP contribution in [0.5, 0.6) is 0 Å². The molecule has 0 heterocycles. The highest BCUT2D eigenvalue weighted by molar-refractivity contribution is 8.68. The number of carboxylic acid groups (broad SMARTS) is 2. The summed E-state index contributed by atoms with van der Waals surface area (Å²) in [5.74, 6) is -2.39. The molecule has 1 unspecified atom stereocenters. The highest BCUT2D eigenvalue weighted by Crippen LogP contribution is 2.22. The van der Waals surface area contributed by atoms with Crippen LogP contribution >= 0.6 is 22.5 Å². The largest absolute Gasteiger partial charge is 0.480 e. The van der Waals surface area contributed by atoms with Gasteiger partial charge in [0.25, 0.3) is 0 Å². The lowest BCUT2D eigenvalue weighted by Gasteiger charge is -2.19. The molecule has 0 saturated heterocycles. The van der Waals surface area contributed by atoms with Crippen molar-refractivity contribution >= 4 is 34.4 Å². The van der Waals surface area contributed by atoms with Gasteiger partial charge in [-0.1, -0.05) is 10.8 Å². The summed E-state index contributed by atoms with van der Waals surface area (Å²) in [5.41, 5.74) is 10.5. The fourth-order valence-electron chi connectivity index (χ4n) is 0.765. The van der Waals surface area contributed by atoms with E-state index in [4.69, 9.17) is 21.7 Å². The van der Waals surface area contributed by atoms with Crippen molar-refractivity contribution in [3.63, 3.8) is 0 Å². The third-order valence-corrected chi connectivity index (χ3v) is 3.19. The van der Waals surface area contributed by atoms with Gasteiger partial charge in [0.05, 0.1) is 0 Å². The van der Waals surface area contributed by atoms with Gasteiger partial charge < -0.3 is 21.7 Å². The molecule has 0 rings (SSSR count). The molecule has 0 aliphatic heterocycles. The Labute approximate surface area is 89.8 Å². The van der Waals surface area contributed by atoms with Crippen molar-refractivity contribution in [2.45, 2.75) is 23.8 Å². The minimum Gasteiger partial charge on any atom is -0.480 e. The normalized spacial score (nSPS) is 17.1. The Morgan fingerprint density at radius 3 is 2.07 bits per heavy atom. The number of carboxylic acids is 2. The predicted molar refractivity (Wildman–Crippen MR) is 56.2 cm³/mol. The zero-order valence-corrected chi connectivity index (χ0v) is 8.87. The lowest BCUT2D eigenvalue weighted by Crippen LogP contribution is -2.44. The molecule has 0 aromatic rings. The molecule has 0 aliphatic carbocycles. The van der Waals surface area contributed by atoms with Gasteiger partial charge in [-0.2, -0.15) is 0 Å². The summed E-state index contributed by atoms with van der Waals surface area (Å²) >= 11 is 3.82. The molecule has 0 amide bonds. The summed E-state index contributed by atoms with van der Waals surface area (Å²) < 4.78 is 0. The number of carbonyl (C=O) groups is 2. The fourth-order valence-corrected chi connectivity index (χ4v) is 1.96. The average molecular weight is 240 g/mol. The van der Waals surface area contributed by atoms with Crippen LogP contribution in [0.15, 0.2) is 0 Å². The zero-order chi connectivity index (χ0) is 11.3. The molecular weight excluding hydrogens is 228 g/mol. The second-order valence-corrected chi connectivity index (χ2v) is 4.14. The van der Waals surface area contributed by atoms with Crippen molar-refractivity contribution in [1.82, 2.24) is 0 Å².